The fraction of sp³-hybridized carbons (Fsp3) is 0.0714. The van der Waals surface area contributed by atoms with Crippen LogP contribution in [0.5, 0.6) is 0 Å². The minimum atomic E-state index is -1.69. The van der Waals surface area contributed by atoms with E-state index in [2.05, 4.69) is 0 Å². The zero-order chi connectivity index (χ0) is 22.6. The Labute approximate surface area is 186 Å². The zero-order valence-electron chi connectivity index (χ0n) is 17.3. The van der Waals surface area contributed by atoms with Gasteiger partial charge in [-0.2, -0.15) is 0 Å². The molecule has 2 N–H and O–H groups in total. The SMILES string of the molecule is O=C(O)C1C(C=Cc2cccc(-c3ccccc3)c2)=CC=CC1(C(=O)O)c1ccccc1. The first-order valence-electron chi connectivity index (χ1n) is 10.3. The normalized spacial score (nSPS) is 20.1. The van der Waals surface area contributed by atoms with E-state index in [9.17, 15) is 19.8 Å². The van der Waals surface area contributed by atoms with Crippen molar-refractivity contribution in [1.82, 2.24) is 0 Å². The second-order valence-electron chi connectivity index (χ2n) is 7.66. The third-order valence-corrected chi connectivity index (χ3v) is 5.75. The molecule has 158 valence electrons. The van der Waals surface area contributed by atoms with Gasteiger partial charge >= 0.3 is 11.9 Å². The molecule has 0 spiro atoms. The maximum atomic E-state index is 12.4. The third-order valence-electron chi connectivity index (χ3n) is 5.75. The molecule has 4 nitrogen and oxygen atoms in total. The lowest BCUT2D eigenvalue weighted by Gasteiger charge is -2.35. The van der Waals surface area contributed by atoms with E-state index in [-0.39, 0.29) is 0 Å². The summed E-state index contributed by atoms with van der Waals surface area (Å²) >= 11 is 0. The van der Waals surface area contributed by atoms with Crippen LogP contribution in [0.1, 0.15) is 11.1 Å². The number of rotatable bonds is 6. The zero-order valence-corrected chi connectivity index (χ0v) is 17.3. The Morgan fingerprint density at radius 3 is 2.09 bits per heavy atom. The Morgan fingerprint density at radius 1 is 0.781 bits per heavy atom. The van der Waals surface area contributed by atoms with Gasteiger partial charge in [0.05, 0.1) is 0 Å². The first-order chi connectivity index (χ1) is 15.5. The van der Waals surface area contributed by atoms with E-state index in [0.717, 1.165) is 16.7 Å². The second-order valence-corrected chi connectivity index (χ2v) is 7.66. The van der Waals surface area contributed by atoms with Crippen LogP contribution in [0.25, 0.3) is 17.2 Å². The third kappa shape index (κ3) is 3.91. The summed E-state index contributed by atoms with van der Waals surface area (Å²) in [5.41, 5.74) is 2.20. The fourth-order valence-corrected chi connectivity index (χ4v) is 4.20. The molecule has 2 unspecified atom stereocenters. The molecule has 4 rings (SSSR count). The van der Waals surface area contributed by atoms with E-state index in [0.29, 0.717) is 11.1 Å². The summed E-state index contributed by atoms with van der Waals surface area (Å²) in [5.74, 6) is -3.65. The van der Waals surface area contributed by atoms with Gasteiger partial charge in [-0.25, -0.2) is 0 Å². The average molecular weight is 422 g/mol. The molecular formula is C28H22O4. The van der Waals surface area contributed by atoms with Gasteiger partial charge in [-0.05, 0) is 33.9 Å². The lowest BCUT2D eigenvalue weighted by atomic mass is 9.65. The van der Waals surface area contributed by atoms with Gasteiger partial charge in [0.25, 0.3) is 0 Å². The fourth-order valence-electron chi connectivity index (χ4n) is 4.20. The summed E-state index contributed by atoms with van der Waals surface area (Å²) in [6.07, 6.45) is 8.29. The molecule has 0 fully saturated rings. The van der Waals surface area contributed by atoms with Crippen molar-refractivity contribution in [2.24, 2.45) is 5.92 Å². The van der Waals surface area contributed by atoms with Gasteiger partial charge in [-0.3, -0.25) is 9.59 Å². The monoisotopic (exact) mass is 422 g/mol. The largest absolute Gasteiger partial charge is 0.481 e. The Hall–Kier alpha value is -4.18. The van der Waals surface area contributed by atoms with Crippen molar-refractivity contribution >= 4 is 18.0 Å². The highest BCUT2D eigenvalue weighted by Gasteiger charge is 2.51. The van der Waals surface area contributed by atoms with Crippen LogP contribution in [0.15, 0.2) is 115 Å². The number of carbonyl (C=O) groups is 2. The van der Waals surface area contributed by atoms with Crippen molar-refractivity contribution in [2.45, 2.75) is 5.41 Å². The van der Waals surface area contributed by atoms with Gasteiger partial charge in [0.2, 0.25) is 0 Å². The van der Waals surface area contributed by atoms with Gasteiger partial charge in [0.15, 0.2) is 0 Å². The van der Waals surface area contributed by atoms with Crippen molar-refractivity contribution in [1.29, 1.82) is 0 Å². The molecule has 3 aromatic carbocycles. The minimum absolute atomic E-state index is 0.427. The molecule has 0 radical (unpaired) electrons. The van der Waals surface area contributed by atoms with E-state index in [4.69, 9.17) is 0 Å². The molecule has 1 aliphatic rings. The number of hydrogen-bond acceptors (Lipinski definition) is 2. The van der Waals surface area contributed by atoms with Crippen LogP contribution in [0, 0.1) is 5.92 Å². The maximum absolute atomic E-state index is 12.4. The molecule has 0 heterocycles. The minimum Gasteiger partial charge on any atom is -0.481 e. The predicted octanol–water partition coefficient (Wildman–Crippen LogP) is 5.59. The Balaban J connectivity index is 1.72. The van der Waals surface area contributed by atoms with Crippen molar-refractivity contribution in [3.8, 4) is 11.1 Å². The summed E-state index contributed by atoms with van der Waals surface area (Å²) in [6, 6.07) is 26.4. The number of carboxylic acids is 2. The smallest absolute Gasteiger partial charge is 0.319 e. The highest BCUT2D eigenvalue weighted by Crippen LogP contribution is 2.42. The number of benzene rings is 3. The first kappa shape index (κ1) is 21.1. The van der Waals surface area contributed by atoms with Crippen molar-refractivity contribution in [2.75, 3.05) is 0 Å². The highest BCUT2D eigenvalue weighted by molar-refractivity contribution is 5.94. The number of hydrogen-bond donors (Lipinski definition) is 2. The van der Waals surface area contributed by atoms with Gasteiger partial charge in [-0.1, -0.05) is 109 Å². The van der Waals surface area contributed by atoms with Crippen LogP contribution in [0.3, 0.4) is 0 Å². The van der Waals surface area contributed by atoms with Crippen LogP contribution in [0.4, 0.5) is 0 Å². The van der Waals surface area contributed by atoms with Crippen molar-refractivity contribution in [3.05, 3.63) is 126 Å². The van der Waals surface area contributed by atoms with Crippen molar-refractivity contribution in [3.63, 3.8) is 0 Å². The van der Waals surface area contributed by atoms with Crippen LogP contribution in [0.2, 0.25) is 0 Å². The summed E-state index contributed by atoms with van der Waals surface area (Å²) in [5, 5.41) is 20.2. The molecule has 0 saturated carbocycles. The topological polar surface area (TPSA) is 74.6 Å². The van der Waals surface area contributed by atoms with Crippen molar-refractivity contribution < 1.29 is 19.8 Å². The molecule has 0 saturated heterocycles. The summed E-state index contributed by atoms with van der Waals surface area (Å²) in [7, 11) is 0. The van der Waals surface area contributed by atoms with E-state index < -0.39 is 23.3 Å². The molecule has 2 atom stereocenters. The number of allylic oxidation sites excluding steroid dienone is 3. The van der Waals surface area contributed by atoms with E-state index in [1.165, 1.54) is 6.08 Å². The lowest BCUT2D eigenvalue weighted by Crippen LogP contribution is -2.46. The summed E-state index contributed by atoms with van der Waals surface area (Å²) < 4.78 is 0. The Morgan fingerprint density at radius 2 is 1.44 bits per heavy atom. The number of aliphatic carboxylic acids is 2. The molecule has 1 aliphatic carbocycles. The van der Waals surface area contributed by atoms with E-state index >= 15 is 0 Å². The molecule has 3 aromatic rings. The van der Waals surface area contributed by atoms with Crippen LogP contribution >= 0.6 is 0 Å². The van der Waals surface area contributed by atoms with Crippen LogP contribution in [-0.4, -0.2) is 22.2 Å². The predicted molar refractivity (Wildman–Crippen MR) is 125 cm³/mol. The molecule has 0 amide bonds. The van der Waals surface area contributed by atoms with Crippen LogP contribution < -0.4 is 0 Å². The maximum Gasteiger partial charge on any atom is 0.319 e. The first-order valence-corrected chi connectivity index (χ1v) is 10.3. The molecule has 0 aromatic heterocycles. The Bertz CT molecular complexity index is 1220. The van der Waals surface area contributed by atoms with Gasteiger partial charge < -0.3 is 10.2 Å². The molecular weight excluding hydrogens is 400 g/mol. The molecule has 32 heavy (non-hydrogen) atoms. The summed E-state index contributed by atoms with van der Waals surface area (Å²) in [6.45, 7) is 0. The molecule has 0 bridgehead atoms. The summed E-state index contributed by atoms with van der Waals surface area (Å²) in [4.78, 5) is 24.8. The highest BCUT2D eigenvalue weighted by atomic mass is 16.4. The van der Waals surface area contributed by atoms with E-state index in [1.54, 1.807) is 48.6 Å². The molecule has 0 aliphatic heterocycles. The van der Waals surface area contributed by atoms with Crippen LogP contribution in [-0.2, 0) is 15.0 Å². The van der Waals surface area contributed by atoms with Gasteiger partial charge in [0, 0.05) is 0 Å². The standard InChI is InChI=1S/C28H22O4/c29-26(30)25-22(13-8-18-28(25,27(31)32)24-14-5-2-6-15-24)17-16-20-9-7-12-23(19-20)21-10-3-1-4-11-21/h1-19,25H,(H,29,30)(H,31,32). The quantitative estimate of drug-likeness (QED) is 0.543. The average Bonchev–Trinajstić information content (AvgIpc) is 2.83. The molecule has 4 heteroatoms. The van der Waals surface area contributed by atoms with Gasteiger partial charge in [-0.15, -0.1) is 0 Å². The Kier molecular flexibility index (Phi) is 5.86. The lowest BCUT2D eigenvalue weighted by molar-refractivity contribution is -0.152. The van der Waals surface area contributed by atoms with E-state index in [1.807, 2.05) is 60.7 Å². The van der Waals surface area contributed by atoms with Gasteiger partial charge in [0.1, 0.15) is 11.3 Å². The number of carboxylic acid groups (broad SMARTS) is 2. The second kappa shape index (κ2) is 8.90.